The standard InChI is InChI=1S/C12H15NO4S/c14-8(15)1-2-18-7-4-5-3-6(7)10-9(5)11(16)13-12(10)17/h5-7,13,16-17H,1-4H2,(H,14,15). The van der Waals surface area contributed by atoms with Gasteiger partial charge < -0.3 is 15.3 Å². The molecule has 0 spiro atoms. The SMILES string of the molecule is O=C(O)CCSC1CC2CC1c1c(O)[nH]c(O)c12. The minimum Gasteiger partial charge on any atom is -0.494 e. The number of hydrogen-bond acceptors (Lipinski definition) is 4. The van der Waals surface area contributed by atoms with Crippen molar-refractivity contribution in [1.29, 1.82) is 0 Å². The van der Waals surface area contributed by atoms with Crippen molar-refractivity contribution in [3.05, 3.63) is 11.1 Å². The van der Waals surface area contributed by atoms with Gasteiger partial charge >= 0.3 is 5.97 Å². The van der Waals surface area contributed by atoms with E-state index in [2.05, 4.69) is 4.98 Å². The van der Waals surface area contributed by atoms with Crippen molar-refractivity contribution in [1.82, 2.24) is 4.98 Å². The van der Waals surface area contributed by atoms with Gasteiger partial charge in [-0.3, -0.25) is 9.78 Å². The molecule has 0 aromatic carbocycles. The van der Waals surface area contributed by atoms with Crippen LogP contribution in [0.5, 0.6) is 11.8 Å². The largest absolute Gasteiger partial charge is 0.494 e. The van der Waals surface area contributed by atoms with Gasteiger partial charge in [0.2, 0.25) is 0 Å². The molecular formula is C12H15NO4S. The fourth-order valence-electron chi connectivity index (χ4n) is 3.31. The molecule has 6 heteroatoms. The fourth-order valence-corrected chi connectivity index (χ4v) is 4.75. The maximum absolute atomic E-state index is 10.5. The molecule has 5 nitrogen and oxygen atoms in total. The summed E-state index contributed by atoms with van der Waals surface area (Å²) in [5, 5.41) is 28.5. The molecular weight excluding hydrogens is 254 g/mol. The Bertz CT molecular complexity index is 499. The van der Waals surface area contributed by atoms with Gasteiger partial charge in [0.25, 0.3) is 0 Å². The quantitative estimate of drug-likeness (QED) is 0.670. The molecule has 0 amide bonds. The Balaban J connectivity index is 1.73. The Morgan fingerprint density at radius 3 is 2.72 bits per heavy atom. The van der Waals surface area contributed by atoms with Crippen LogP contribution in [0.15, 0.2) is 0 Å². The Morgan fingerprint density at radius 1 is 1.28 bits per heavy atom. The number of nitrogens with one attached hydrogen (secondary N) is 1. The van der Waals surface area contributed by atoms with Crippen molar-refractivity contribution < 1.29 is 20.1 Å². The lowest BCUT2D eigenvalue weighted by molar-refractivity contribution is -0.136. The maximum atomic E-state index is 10.5. The third-order valence-corrected chi connectivity index (χ3v) is 5.36. The normalized spacial score (nSPS) is 28.6. The van der Waals surface area contributed by atoms with Gasteiger partial charge in [0, 0.05) is 28.0 Å². The lowest BCUT2D eigenvalue weighted by atomic mass is 9.94. The Kier molecular flexibility index (Phi) is 2.69. The van der Waals surface area contributed by atoms with Crippen LogP contribution in [-0.4, -0.2) is 37.3 Å². The van der Waals surface area contributed by atoms with E-state index in [0.717, 1.165) is 24.0 Å². The zero-order chi connectivity index (χ0) is 12.9. The van der Waals surface area contributed by atoms with Crippen LogP contribution < -0.4 is 0 Å². The molecule has 0 radical (unpaired) electrons. The summed E-state index contributed by atoms with van der Waals surface area (Å²) in [5.41, 5.74) is 1.74. The second-order valence-corrected chi connectivity index (χ2v) is 6.32. The fraction of sp³-hybridized carbons (Fsp3) is 0.583. The Hall–Kier alpha value is -1.30. The summed E-state index contributed by atoms with van der Waals surface area (Å²) in [4.78, 5) is 13.1. The highest BCUT2D eigenvalue weighted by atomic mass is 32.2. The number of carboxylic acids is 1. The van der Waals surface area contributed by atoms with Gasteiger partial charge in [-0.15, -0.1) is 0 Å². The van der Waals surface area contributed by atoms with E-state index in [1.54, 1.807) is 11.8 Å². The topological polar surface area (TPSA) is 93.5 Å². The van der Waals surface area contributed by atoms with Crippen molar-refractivity contribution in [3.8, 4) is 11.8 Å². The van der Waals surface area contributed by atoms with Crippen molar-refractivity contribution in [3.63, 3.8) is 0 Å². The first-order valence-electron chi connectivity index (χ1n) is 6.05. The highest BCUT2D eigenvalue weighted by Crippen LogP contribution is 2.61. The molecule has 3 rings (SSSR count). The number of aromatic hydroxyl groups is 2. The van der Waals surface area contributed by atoms with Crippen LogP contribution in [0.3, 0.4) is 0 Å². The molecule has 3 atom stereocenters. The van der Waals surface area contributed by atoms with Gasteiger partial charge in [0.05, 0.1) is 6.42 Å². The number of H-pyrrole nitrogens is 1. The Labute approximate surface area is 108 Å². The molecule has 0 saturated heterocycles. The number of carboxylic acid groups (broad SMARTS) is 1. The average Bonchev–Trinajstić information content (AvgIpc) is 2.91. The first-order valence-corrected chi connectivity index (χ1v) is 7.10. The molecule has 1 saturated carbocycles. The number of rotatable bonds is 4. The Morgan fingerprint density at radius 2 is 2.00 bits per heavy atom. The van der Waals surface area contributed by atoms with Crippen LogP contribution in [0.25, 0.3) is 0 Å². The average molecular weight is 269 g/mol. The summed E-state index contributed by atoms with van der Waals surface area (Å²) in [7, 11) is 0. The third kappa shape index (κ3) is 1.67. The molecule has 2 aliphatic rings. The van der Waals surface area contributed by atoms with Gasteiger partial charge in [-0.1, -0.05) is 0 Å². The van der Waals surface area contributed by atoms with Crippen LogP contribution in [0, 0.1) is 0 Å². The predicted octanol–water partition coefficient (Wildman–Crippen LogP) is 1.98. The van der Waals surface area contributed by atoms with Crippen LogP contribution in [0.2, 0.25) is 0 Å². The van der Waals surface area contributed by atoms with Crippen molar-refractivity contribution in [2.24, 2.45) is 0 Å². The monoisotopic (exact) mass is 269 g/mol. The highest BCUT2D eigenvalue weighted by Gasteiger charge is 2.48. The van der Waals surface area contributed by atoms with E-state index < -0.39 is 5.97 Å². The first kappa shape index (κ1) is 11.8. The van der Waals surface area contributed by atoms with Crippen molar-refractivity contribution >= 4 is 17.7 Å². The van der Waals surface area contributed by atoms with Crippen LogP contribution in [0.4, 0.5) is 0 Å². The number of hydrogen-bond donors (Lipinski definition) is 4. The lowest BCUT2D eigenvalue weighted by Crippen LogP contribution is -2.13. The predicted molar refractivity (Wildman–Crippen MR) is 67.3 cm³/mol. The molecule has 18 heavy (non-hydrogen) atoms. The number of aromatic amines is 1. The molecule has 1 heterocycles. The molecule has 1 fully saturated rings. The van der Waals surface area contributed by atoms with Gasteiger partial charge in [0.15, 0.2) is 11.8 Å². The highest BCUT2D eigenvalue weighted by molar-refractivity contribution is 7.99. The molecule has 2 aliphatic carbocycles. The second kappa shape index (κ2) is 4.12. The lowest BCUT2D eigenvalue weighted by Gasteiger charge is -2.21. The summed E-state index contributed by atoms with van der Waals surface area (Å²) >= 11 is 1.67. The summed E-state index contributed by atoms with van der Waals surface area (Å²) in [6.07, 6.45) is 2.10. The molecule has 1 aromatic rings. The number of aromatic nitrogens is 1. The smallest absolute Gasteiger partial charge is 0.304 e. The van der Waals surface area contributed by atoms with Gasteiger partial charge in [-0.05, 0) is 18.8 Å². The van der Waals surface area contributed by atoms with Crippen molar-refractivity contribution in [2.45, 2.75) is 36.3 Å². The van der Waals surface area contributed by atoms with Gasteiger partial charge in [0.1, 0.15) is 0 Å². The van der Waals surface area contributed by atoms with E-state index in [-0.39, 0.29) is 24.1 Å². The molecule has 4 N–H and O–H groups in total. The van der Waals surface area contributed by atoms with E-state index >= 15 is 0 Å². The zero-order valence-corrected chi connectivity index (χ0v) is 10.5. The van der Waals surface area contributed by atoms with E-state index in [9.17, 15) is 15.0 Å². The first-order chi connectivity index (χ1) is 8.58. The molecule has 1 aromatic heterocycles. The maximum Gasteiger partial charge on any atom is 0.304 e. The summed E-state index contributed by atoms with van der Waals surface area (Å²) < 4.78 is 0. The van der Waals surface area contributed by atoms with Crippen LogP contribution in [0.1, 0.15) is 42.2 Å². The zero-order valence-electron chi connectivity index (χ0n) is 9.72. The van der Waals surface area contributed by atoms with Crippen molar-refractivity contribution in [2.75, 3.05) is 5.75 Å². The number of fused-ring (bicyclic) bond motifs is 5. The summed E-state index contributed by atoms with van der Waals surface area (Å²) in [6.45, 7) is 0. The van der Waals surface area contributed by atoms with E-state index in [1.807, 2.05) is 0 Å². The number of thioether (sulfide) groups is 1. The molecule has 0 aliphatic heterocycles. The summed E-state index contributed by atoms with van der Waals surface area (Å²) in [5.74, 6) is 0.580. The number of carbonyl (C=O) groups is 1. The van der Waals surface area contributed by atoms with Gasteiger partial charge in [-0.2, -0.15) is 11.8 Å². The van der Waals surface area contributed by atoms with Crippen LogP contribution in [-0.2, 0) is 4.79 Å². The number of aliphatic carboxylic acids is 1. The van der Waals surface area contributed by atoms with E-state index in [1.165, 1.54) is 0 Å². The molecule has 2 bridgehead atoms. The summed E-state index contributed by atoms with van der Waals surface area (Å²) in [6, 6.07) is 0. The second-order valence-electron chi connectivity index (χ2n) is 4.98. The van der Waals surface area contributed by atoms with E-state index in [4.69, 9.17) is 5.11 Å². The molecule has 98 valence electrons. The van der Waals surface area contributed by atoms with Crippen LogP contribution >= 0.6 is 11.8 Å². The molecule has 3 unspecified atom stereocenters. The third-order valence-electron chi connectivity index (χ3n) is 3.97. The van der Waals surface area contributed by atoms with Gasteiger partial charge in [-0.25, -0.2) is 0 Å². The van der Waals surface area contributed by atoms with E-state index in [0.29, 0.717) is 16.9 Å². The minimum atomic E-state index is -0.770. The minimum absolute atomic E-state index is 0.0820.